The number of nitrogens with one attached hydrogen (secondary N) is 1. The number of nitrogens with zero attached hydrogens (tertiary/aromatic N) is 1. The maximum atomic E-state index is 12.0. The van der Waals surface area contributed by atoms with Crippen molar-refractivity contribution in [3.63, 3.8) is 0 Å². The third-order valence-electron chi connectivity index (χ3n) is 4.15. The number of hydrogen-bond acceptors (Lipinski definition) is 2. The van der Waals surface area contributed by atoms with Gasteiger partial charge in [0.1, 0.15) is 5.75 Å². The predicted molar refractivity (Wildman–Crippen MR) is 96.3 cm³/mol. The smallest absolute Gasteiger partial charge is 0.221 e. The molecule has 0 radical (unpaired) electrons. The van der Waals surface area contributed by atoms with Gasteiger partial charge in [0.25, 0.3) is 0 Å². The molecule has 1 N–H and O–H groups in total. The summed E-state index contributed by atoms with van der Waals surface area (Å²) in [5.41, 5.74) is 2.36. The molecule has 0 bridgehead atoms. The fourth-order valence-electron chi connectivity index (χ4n) is 2.78. The van der Waals surface area contributed by atoms with Gasteiger partial charge in [0, 0.05) is 31.2 Å². The summed E-state index contributed by atoms with van der Waals surface area (Å²) in [7, 11) is 1.66. The van der Waals surface area contributed by atoms with Gasteiger partial charge >= 0.3 is 0 Å². The fraction of sp³-hybridized carbons (Fsp3) is 0.250. The number of hydrogen-bond donors (Lipinski definition) is 1. The summed E-state index contributed by atoms with van der Waals surface area (Å²) in [5.74, 6) is 0.933. The Kier molecular flexibility index (Phi) is 5.16. The molecule has 0 saturated carbocycles. The Hall–Kier alpha value is -2.75. The van der Waals surface area contributed by atoms with Gasteiger partial charge in [-0.25, -0.2) is 0 Å². The summed E-state index contributed by atoms with van der Waals surface area (Å²) in [4.78, 5) is 12.0. The van der Waals surface area contributed by atoms with Crippen molar-refractivity contribution in [3.8, 4) is 5.75 Å². The molecule has 1 aromatic heterocycles. The molecule has 3 aromatic rings. The number of fused-ring (bicyclic) bond motifs is 1. The quantitative estimate of drug-likeness (QED) is 0.724. The van der Waals surface area contributed by atoms with E-state index in [4.69, 9.17) is 4.74 Å². The summed E-state index contributed by atoms with van der Waals surface area (Å²) in [6.07, 6.45) is 3.35. The highest BCUT2D eigenvalue weighted by Gasteiger charge is 2.04. The molecule has 1 heterocycles. The number of rotatable bonds is 7. The first kappa shape index (κ1) is 16.1. The van der Waals surface area contributed by atoms with Gasteiger partial charge in [-0.05, 0) is 41.6 Å². The van der Waals surface area contributed by atoms with E-state index in [1.165, 1.54) is 16.5 Å². The Morgan fingerprint density at radius 3 is 2.67 bits per heavy atom. The van der Waals surface area contributed by atoms with Gasteiger partial charge in [-0.2, -0.15) is 0 Å². The lowest BCUT2D eigenvalue weighted by molar-refractivity contribution is -0.121. The first-order valence-electron chi connectivity index (χ1n) is 8.20. The van der Waals surface area contributed by atoms with Gasteiger partial charge in [0.05, 0.1) is 7.11 Å². The van der Waals surface area contributed by atoms with E-state index >= 15 is 0 Å². The summed E-state index contributed by atoms with van der Waals surface area (Å²) in [6, 6.07) is 18.2. The van der Waals surface area contributed by atoms with E-state index in [1.807, 2.05) is 42.6 Å². The maximum Gasteiger partial charge on any atom is 0.221 e. The predicted octanol–water partition coefficient (Wildman–Crippen LogP) is 3.40. The minimum Gasteiger partial charge on any atom is -0.497 e. The minimum atomic E-state index is 0.0845. The molecule has 124 valence electrons. The van der Waals surface area contributed by atoms with Crippen LogP contribution in [-0.4, -0.2) is 24.1 Å². The summed E-state index contributed by atoms with van der Waals surface area (Å²) in [5, 5.41) is 4.19. The molecule has 0 aliphatic carbocycles. The maximum absolute atomic E-state index is 12.0. The van der Waals surface area contributed by atoms with Crippen molar-refractivity contribution in [1.82, 2.24) is 9.88 Å². The van der Waals surface area contributed by atoms with Crippen molar-refractivity contribution in [2.45, 2.75) is 19.4 Å². The highest BCUT2D eigenvalue weighted by Crippen LogP contribution is 2.15. The Morgan fingerprint density at radius 2 is 1.88 bits per heavy atom. The molecule has 0 unspecified atom stereocenters. The van der Waals surface area contributed by atoms with Gasteiger partial charge in [0.15, 0.2) is 0 Å². The standard InChI is InChI=1S/C20H22N2O2/c1-24-18-8-6-16(7-9-18)10-13-21-20(23)12-15-22-14-11-17-4-2-3-5-19(17)22/h2-9,11,14H,10,12-13,15H2,1H3,(H,21,23). The van der Waals surface area contributed by atoms with Crippen LogP contribution in [0.4, 0.5) is 0 Å². The largest absolute Gasteiger partial charge is 0.497 e. The third kappa shape index (κ3) is 3.96. The van der Waals surface area contributed by atoms with E-state index < -0.39 is 0 Å². The molecule has 0 saturated heterocycles. The summed E-state index contributed by atoms with van der Waals surface area (Å²) in [6.45, 7) is 1.35. The Balaban J connectivity index is 1.44. The molecule has 1 amide bonds. The fourth-order valence-corrected chi connectivity index (χ4v) is 2.78. The Morgan fingerprint density at radius 1 is 1.08 bits per heavy atom. The summed E-state index contributed by atoms with van der Waals surface area (Å²) < 4.78 is 7.26. The normalized spacial score (nSPS) is 10.7. The number of carbonyl (C=O) groups excluding carboxylic acids is 1. The van der Waals surface area contributed by atoms with Gasteiger partial charge in [-0.15, -0.1) is 0 Å². The van der Waals surface area contributed by atoms with Crippen molar-refractivity contribution >= 4 is 16.8 Å². The molecule has 0 spiro atoms. The lowest BCUT2D eigenvalue weighted by Crippen LogP contribution is -2.26. The second-order valence-electron chi connectivity index (χ2n) is 5.77. The van der Waals surface area contributed by atoms with Crippen molar-refractivity contribution in [2.75, 3.05) is 13.7 Å². The number of aromatic nitrogens is 1. The average Bonchev–Trinajstić information content (AvgIpc) is 3.04. The zero-order chi connectivity index (χ0) is 16.8. The van der Waals surface area contributed by atoms with Crippen LogP contribution < -0.4 is 10.1 Å². The van der Waals surface area contributed by atoms with Crippen LogP contribution in [0, 0.1) is 0 Å². The number of methoxy groups -OCH3 is 1. The SMILES string of the molecule is COc1ccc(CCNC(=O)CCn2ccc3ccccc32)cc1. The molecule has 0 aliphatic rings. The van der Waals surface area contributed by atoms with E-state index in [9.17, 15) is 4.79 Å². The highest BCUT2D eigenvalue weighted by atomic mass is 16.5. The molecule has 0 atom stereocenters. The Labute approximate surface area is 142 Å². The molecule has 0 aliphatic heterocycles. The van der Waals surface area contributed by atoms with Gasteiger partial charge in [-0.3, -0.25) is 4.79 Å². The lowest BCUT2D eigenvalue weighted by atomic mass is 10.1. The zero-order valence-corrected chi connectivity index (χ0v) is 13.9. The van der Waals surface area contributed by atoms with Crippen molar-refractivity contribution in [1.29, 1.82) is 0 Å². The molecule has 0 fully saturated rings. The highest BCUT2D eigenvalue weighted by molar-refractivity contribution is 5.80. The van der Waals surface area contributed by atoms with Crippen molar-refractivity contribution in [3.05, 3.63) is 66.4 Å². The van der Waals surface area contributed by atoms with Crippen LogP contribution in [-0.2, 0) is 17.8 Å². The average molecular weight is 322 g/mol. The number of ether oxygens (including phenoxy) is 1. The van der Waals surface area contributed by atoms with Crippen molar-refractivity contribution in [2.24, 2.45) is 0 Å². The van der Waals surface area contributed by atoms with E-state index in [0.717, 1.165) is 12.2 Å². The lowest BCUT2D eigenvalue weighted by Gasteiger charge is -2.08. The first-order chi connectivity index (χ1) is 11.8. The molecule has 4 heteroatoms. The van der Waals surface area contributed by atoms with Crippen LogP contribution in [0.3, 0.4) is 0 Å². The van der Waals surface area contributed by atoms with Gasteiger partial charge in [0.2, 0.25) is 5.91 Å². The van der Waals surface area contributed by atoms with Crippen LogP contribution in [0.1, 0.15) is 12.0 Å². The van der Waals surface area contributed by atoms with Crippen LogP contribution in [0.5, 0.6) is 5.75 Å². The van der Waals surface area contributed by atoms with E-state index in [2.05, 4.69) is 28.1 Å². The molecule has 2 aromatic carbocycles. The number of para-hydroxylation sites is 1. The molecular weight excluding hydrogens is 300 g/mol. The second-order valence-corrected chi connectivity index (χ2v) is 5.77. The second kappa shape index (κ2) is 7.68. The molecule has 3 rings (SSSR count). The first-order valence-corrected chi connectivity index (χ1v) is 8.20. The number of amides is 1. The van der Waals surface area contributed by atoms with Crippen molar-refractivity contribution < 1.29 is 9.53 Å². The number of aryl methyl sites for hydroxylation is 1. The van der Waals surface area contributed by atoms with Crippen LogP contribution in [0.2, 0.25) is 0 Å². The monoisotopic (exact) mass is 322 g/mol. The molecular formula is C20H22N2O2. The van der Waals surface area contributed by atoms with Gasteiger partial charge in [-0.1, -0.05) is 30.3 Å². The third-order valence-corrected chi connectivity index (χ3v) is 4.15. The van der Waals surface area contributed by atoms with E-state index in [1.54, 1.807) is 7.11 Å². The van der Waals surface area contributed by atoms with Gasteiger partial charge < -0.3 is 14.6 Å². The van der Waals surface area contributed by atoms with E-state index in [-0.39, 0.29) is 5.91 Å². The Bertz CT molecular complexity index is 806. The minimum absolute atomic E-state index is 0.0845. The topological polar surface area (TPSA) is 43.3 Å². The zero-order valence-electron chi connectivity index (χ0n) is 13.9. The van der Waals surface area contributed by atoms with Crippen LogP contribution in [0.15, 0.2) is 60.8 Å². The number of benzene rings is 2. The number of carbonyl (C=O) groups is 1. The van der Waals surface area contributed by atoms with Crippen LogP contribution in [0.25, 0.3) is 10.9 Å². The van der Waals surface area contributed by atoms with E-state index in [0.29, 0.717) is 19.5 Å². The molecule has 24 heavy (non-hydrogen) atoms. The van der Waals surface area contributed by atoms with Crippen LogP contribution >= 0.6 is 0 Å². The molecule has 4 nitrogen and oxygen atoms in total. The summed E-state index contributed by atoms with van der Waals surface area (Å²) >= 11 is 0.